The highest BCUT2D eigenvalue weighted by Crippen LogP contribution is 2.41. The molecule has 0 aliphatic heterocycles. The van der Waals surface area contributed by atoms with E-state index < -0.39 is 6.04 Å². The number of aromatic amines is 1. The number of hydrogen-bond donors (Lipinski definition) is 3. The van der Waals surface area contributed by atoms with Gasteiger partial charge in [-0.05, 0) is 54.4 Å². The summed E-state index contributed by atoms with van der Waals surface area (Å²) in [6.45, 7) is 0.0530. The normalized spacial score (nSPS) is 11.6. The number of benzene rings is 3. The number of carbonyl (C=O) groups is 1. The summed E-state index contributed by atoms with van der Waals surface area (Å²) in [6.07, 6.45) is 2.36. The number of aliphatic hydroxyl groups excluding tert-OH is 1. The third-order valence-corrected chi connectivity index (χ3v) is 7.16. The lowest BCUT2D eigenvalue weighted by molar-refractivity contribution is 0.0918. The fourth-order valence-corrected chi connectivity index (χ4v) is 5.07. The molecule has 3 aromatic carbocycles. The molecule has 5 aromatic rings. The molecule has 43 heavy (non-hydrogen) atoms. The second-order valence-electron chi connectivity index (χ2n) is 9.85. The largest absolute Gasteiger partial charge is 0.493 e. The van der Waals surface area contributed by atoms with E-state index in [0.717, 1.165) is 22.0 Å². The molecule has 1 atom stereocenters. The van der Waals surface area contributed by atoms with Gasteiger partial charge in [0.15, 0.2) is 11.5 Å². The Balaban J connectivity index is 1.57. The summed E-state index contributed by atoms with van der Waals surface area (Å²) >= 11 is 0. The van der Waals surface area contributed by atoms with E-state index in [1.54, 1.807) is 39.5 Å². The first-order valence-corrected chi connectivity index (χ1v) is 13.7. The van der Waals surface area contributed by atoms with Gasteiger partial charge in [0.25, 0.3) is 5.91 Å². The molecule has 2 heterocycles. The smallest absolute Gasteiger partial charge is 0.252 e. The van der Waals surface area contributed by atoms with Crippen LogP contribution >= 0.6 is 0 Å². The zero-order valence-corrected chi connectivity index (χ0v) is 24.5. The van der Waals surface area contributed by atoms with Crippen LogP contribution in [-0.4, -0.2) is 68.7 Å². The number of rotatable bonds is 10. The van der Waals surface area contributed by atoms with E-state index in [9.17, 15) is 9.90 Å². The minimum absolute atomic E-state index is 0.234. The molecule has 0 saturated heterocycles. The Bertz CT molecular complexity index is 1810. The molecule has 0 unspecified atom stereocenters. The van der Waals surface area contributed by atoms with Crippen LogP contribution in [0.5, 0.6) is 17.2 Å². The number of carbonyl (C=O) groups excluding carboxylic acids is 1. The minimum atomic E-state index is -0.524. The van der Waals surface area contributed by atoms with Crippen molar-refractivity contribution in [2.75, 3.05) is 41.7 Å². The Morgan fingerprint density at radius 3 is 2.44 bits per heavy atom. The van der Waals surface area contributed by atoms with E-state index in [-0.39, 0.29) is 19.1 Å². The first-order valence-electron chi connectivity index (χ1n) is 13.7. The molecule has 0 aliphatic carbocycles. The zero-order chi connectivity index (χ0) is 30.3. The minimum Gasteiger partial charge on any atom is -0.493 e. The lowest BCUT2D eigenvalue weighted by atomic mass is 10.00. The number of amides is 1. The third-order valence-electron chi connectivity index (χ3n) is 7.16. The van der Waals surface area contributed by atoms with Gasteiger partial charge < -0.3 is 34.4 Å². The fraction of sp³-hybridized carbons (Fsp3) is 0.235. The SMILES string of the molecule is COCC#Cc1ccc2nc(-c3cc(OC)c(OC)c(OC)c3)cc(C(=O)N[C@@H](CO)Cc3c[nH]c4ccccc34)c2c1. The monoisotopic (exact) mass is 579 g/mol. The molecule has 3 N–H and O–H groups in total. The Morgan fingerprint density at radius 2 is 1.74 bits per heavy atom. The van der Waals surface area contributed by atoms with Crippen molar-refractivity contribution in [2.45, 2.75) is 12.5 Å². The van der Waals surface area contributed by atoms with Gasteiger partial charge in [-0.3, -0.25) is 4.79 Å². The van der Waals surface area contributed by atoms with Crippen LogP contribution in [0.25, 0.3) is 33.1 Å². The van der Waals surface area contributed by atoms with Gasteiger partial charge in [-0.25, -0.2) is 4.98 Å². The Labute approximate surface area is 249 Å². The molecule has 0 fully saturated rings. The molecular formula is C34H33N3O6. The number of methoxy groups -OCH3 is 4. The molecule has 9 heteroatoms. The molecule has 9 nitrogen and oxygen atoms in total. The highest BCUT2D eigenvalue weighted by Gasteiger charge is 2.21. The third kappa shape index (κ3) is 6.26. The van der Waals surface area contributed by atoms with Crippen LogP contribution in [0.3, 0.4) is 0 Å². The van der Waals surface area contributed by atoms with Crippen molar-refractivity contribution in [1.29, 1.82) is 0 Å². The quantitative estimate of drug-likeness (QED) is 0.205. The van der Waals surface area contributed by atoms with E-state index in [4.69, 9.17) is 23.9 Å². The second-order valence-corrected chi connectivity index (χ2v) is 9.85. The summed E-state index contributed by atoms with van der Waals surface area (Å²) in [5, 5.41) is 15.0. The van der Waals surface area contributed by atoms with Crippen molar-refractivity contribution >= 4 is 27.7 Å². The van der Waals surface area contributed by atoms with Crippen molar-refractivity contribution in [3.05, 3.63) is 83.6 Å². The number of ether oxygens (including phenoxy) is 4. The molecule has 1 amide bonds. The molecule has 0 aliphatic rings. The fourth-order valence-electron chi connectivity index (χ4n) is 5.07. The van der Waals surface area contributed by atoms with E-state index in [1.807, 2.05) is 48.7 Å². The Morgan fingerprint density at radius 1 is 0.977 bits per heavy atom. The zero-order valence-electron chi connectivity index (χ0n) is 24.5. The standard InChI is InChI=1S/C34H33N3O6/c1-40-13-7-8-21-11-12-29-26(14-21)27(18-30(37-29)22-16-31(41-2)33(43-4)32(17-22)42-3)34(39)36-24(20-38)15-23-19-35-28-10-6-5-9-25(23)28/h5-6,9-12,14,16-19,24,35,38H,13,15,20H2,1-4H3,(H,36,39)/t24-/m1/s1. The molecule has 0 radical (unpaired) electrons. The van der Waals surface area contributed by atoms with E-state index >= 15 is 0 Å². The van der Waals surface area contributed by atoms with Crippen LogP contribution < -0.4 is 19.5 Å². The van der Waals surface area contributed by atoms with Gasteiger partial charge in [0, 0.05) is 40.7 Å². The van der Waals surface area contributed by atoms with Gasteiger partial charge in [-0.1, -0.05) is 30.0 Å². The molecule has 0 saturated carbocycles. The number of H-pyrrole nitrogens is 1. The number of pyridine rings is 1. The number of aliphatic hydroxyl groups is 1. The average molecular weight is 580 g/mol. The predicted octanol–water partition coefficient (Wildman–Crippen LogP) is 4.74. The highest BCUT2D eigenvalue weighted by molar-refractivity contribution is 6.07. The molecular weight excluding hydrogens is 546 g/mol. The van der Waals surface area contributed by atoms with Gasteiger partial charge in [-0.15, -0.1) is 0 Å². The molecule has 0 spiro atoms. The topological polar surface area (TPSA) is 115 Å². The maximum absolute atomic E-state index is 13.9. The van der Waals surface area contributed by atoms with Gasteiger partial charge in [0.05, 0.1) is 50.8 Å². The van der Waals surface area contributed by atoms with Crippen LogP contribution in [0.4, 0.5) is 0 Å². The van der Waals surface area contributed by atoms with E-state index in [0.29, 0.717) is 51.4 Å². The summed E-state index contributed by atoms with van der Waals surface area (Å²) in [5.74, 6) is 7.06. The second kappa shape index (κ2) is 13.3. The predicted molar refractivity (Wildman–Crippen MR) is 166 cm³/mol. The van der Waals surface area contributed by atoms with Crippen molar-refractivity contribution in [1.82, 2.24) is 15.3 Å². The van der Waals surface area contributed by atoms with Crippen LogP contribution in [0, 0.1) is 11.8 Å². The maximum Gasteiger partial charge on any atom is 0.252 e. The molecule has 0 bridgehead atoms. The molecule has 5 rings (SSSR count). The number of fused-ring (bicyclic) bond motifs is 2. The summed E-state index contributed by atoms with van der Waals surface area (Å²) in [5.41, 5.74) is 4.92. The first kappa shape index (κ1) is 29.5. The van der Waals surface area contributed by atoms with Gasteiger partial charge in [-0.2, -0.15) is 0 Å². The van der Waals surface area contributed by atoms with Crippen molar-refractivity contribution in [3.8, 4) is 40.3 Å². The number of aromatic nitrogens is 2. The van der Waals surface area contributed by atoms with Crippen LogP contribution in [0.15, 0.2) is 66.9 Å². The lowest BCUT2D eigenvalue weighted by Gasteiger charge is -2.18. The average Bonchev–Trinajstić information content (AvgIpc) is 3.45. The van der Waals surface area contributed by atoms with Gasteiger partial charge >= 0.3 is 0 Å². The van der Waals surface area contributed by atoms with Crippen LogP contribution in [0.1, 0.15) is 21.5 Å². The Hall–Kier alpha value is -5.04. The maximum atomic E-state index is 13.9. The summed E-state index contributed by atoms with van der Waals surface area (Å²) in [7, 11) is 6.21. The van der Waals surface area contributed by atoms with Crippen molar-refractivity contribution < 1.29 is 28.8 Å². The Kier molecular flexibility index (Phi) is 9.11. The first-order chi connectivity index (χ1) is 21.0. The summed E-state index contributed by atoms with van der Waals surface area (Å²) in [6, 6.07) is 18.2. The van der Waals surface area contributed by atoms with Crippen LogP contribution in [0.2, 0.25) is 0 Å². The molecule has 220 valence electrons. The van der Waals surface area contributed by atoms with E-state index in [1.165, 1.54) is 7.11 Å². The number of para-hydroxylation sites is 1. The van der Waals surface area contributed by atoms with E-state index in [2.05, 4.69) is 22.1 Å². The number of nitrogens with zero attached hydrogens (tertiary/aromatic N) is 1. The number of hydrogen-bond acceptors (Lipinski definition) is 7. The van der Waals surface area contributed by atoms with Gasteiger partial charge in [0.1, 0.15) is 6.61 Å². The summed E-state index contributed by atoms with van der Waals surface area (Å²) in [4.78, 5) is 22.1. The van der Waals surface area contributed by atoms with Gasteiger partial charge in [0.2, 0.25) is 5.75 Å². The summed E-state index contributed by atoms with van der Waals surface area (Å²) < 4.78 is 21.6. The van der Waals surface area contributed by atoms with Crippen LogP contribution in [-0.2, 0) is 11.2 Å². The molecule has 2 aromatic heterocycles. The van der Waals surface area contributed by atoms with Crippen molar-refractivity contribution in [2.24, 2.45) is 0 Å². The number of nitrogens with one attached hydrogen (secondary N) is 2. The van der Waals surface area contributed by atoms with Crippen molar-refractivity contribution in [3.63, 3.8) is 0 Å². The lowest BCUT2D eigenvalue weighted by Crippen LogP contribution is -2.39. The highest BCUT2D eigenvalue weighted by atomic mass is 16.5.